The van der Waals surface area contributed by atoms with E-state index in [2.05, 4.69) is 39.9 Å². The zero-order chi connectivity index (χ0) is 26.1. The molecule has 3 aromatic rings. The van der Waals surface area contributed by atoms with Crippen LogP contribution in [0.25, 0.3) is 10.9 Å². The van der Waals surface area contributed by atoms with Gasteiger partial charge in [0.05, 0.1) is 24.9 Å². The maximum Gasteiger partial charge on any atom is 0.251 e. The van der Waals surface area contributed by atoms with Crippen molar-refractivity contribution in [3.63, 3.8) is 0 Å². The Bertz CT molecular complexity index is 1290. The summed E-state index contributed by atoms with van der Waals surface area (Å²) >= 11 is 0. The van der Waals surface area contributed by atoms with Crippen LogP contribution < -0.4 is 15.6 Å². The average Bonchev–Trinajstić information content (AvgIpc) is 2.79. The van der Waals surface area contributed by atoms with Crippen LogP contribution in [0.2, 0.25) is 0 Å². The number of rotatable bonds is 7. The van der Waals surface area contributed by atoms with Crippen molar-refractivity contribution in [1.29, 1.82) is 0 Å². The first-order valence-corrected chi connectivity index (χ1v) is 13.0. The largest absolute Gasteiger partial charge is 0.497 e. The van der Waals surface area contributed by atoms with E-state index in [-0.39, 0.29) is 11.5 Å². The smallest absolute Gasteiger partial charge is 0.251 e. The van der Waals surface area contributed by atoms with Crippen LogP contribution in [0.15, 0.2) is 59.4 Å². The first kappa shape index (κ1) is 26.0. The molecule has 2 aromatic carbocycles. The summed E-state index contributed by atoms with van der Waals surface area (Å²) in [7, 11) is 1.64. The van der Waals surface area contributed by atoms with E-state index in [0.717, 1.165) is 34.3 Å². The molecule has 5 nitrogen and oxygen atoms in total. The molecule has 1 aliphatic carbocycles. The van der Waals surface area contributed by atoms with E-state index in [1.54, 1.807) is 17.7 Å². The van der Waals surface area contributed by atoms with Gasteiger partial charge in [0.1, 0.15) is 5.75 Å². The Morgan fingerprint density at radius 1 is 1.08 bits per heavy atom. The molecule has 0 spiro atoms. The van der Waals surface area contributed by atoms with Crippen molar-refractivity contribution in [3.8, 4) is 5.75 Å². The summed E-state index contributed by atoms with van der Waals surface area (Å²) in [5.41, 5.74) is 2.32. The minimum atomic E-state index is -0.489. The minimum Gasteiger partial charge on any atom is -0.497 e. The Morgan fingerprint density at radius 3 is 2.47 bits per heavy atom. The summed E-state index contributed by atoms with van der Waals surface area (Å²) in [6.45, 7) is 11.6. The number of carbonyl (C=O) groups is 1. The first-order valence-electron chi connectivity index (χ1n) is 13.0. The van der Waals surface area contributed by atoms with Gasteiger partial charge in [-0.1, -0.05) is 52.8 Å². The molecule has 5 heteroatoms. The van der Waals surface area contributed by atoms with Crippen LogP contribution in [0.4, 0.5) is 5.69 Å². The van der Waals surface area contributed by atoms with Gasteiger partial charge in [0, 0.05) is 16.9 Å². The fourth-order valence-corrected chi connectivity index (χ4v) is 6.32. The second kappa shape index (κ2) is 10.1. The number of pyridine rings is 1. The molecule has 1 saturated carbocycles. The number of aromatic nitrogens is 1. The topological polar surface area (TPSA) is 60.3 Å². The van der Waals surface area contributed by atoms with Crippen molar-refractivity contribution in [1.82, 2.24) is 4.57 Å². The van der Waals surface area contributed by atoms with E-state index >= 15 is 0 Å². The molecule has 0 aliphatic heterocycles. The van der Waals surface area contributed by atoms with Gasteiger partial charge >= 0.3 is 0 Å². The lowest BCUT2D eigenvalue weighted by molar-refractivity contribution is -0.125. The van der Waals surface area contributed by atoms with Crippen LogP contribution in [-0.4, -0.2) is 17.6 Å². The molecule has 0 bridgehead atoms. The van der Waals surface area contributed by atoms with E-state index in [9.17, 15) is 9.59 Å². The number of fused-ring (bicyclic) bond motifs is 1. The summed E-state index contributed by atoms with van der Waals surface area (Å²) in [6, 6.07) is 16.9. The summed E-state index contributed by atoms with van der Waals surface area (Å²) in [4.78, 5) is 26.3. The molecular formula is C31H40N2O3. The maximum atomic E-state index is 13.5. The third kappa shape index (κ3) is 5.83. The first-order chi connectivity index (χ1) is 17.0. The van der Waals surface area contributed by atoms with Crippen LogP contribution in [0, 0.1) is 22.7 Å². The molecule has 1 fully saturated rings. The number of methoxy groups -OCH3 is 1. The van der Waals surface area contributed by atoms with Crippen LogP contribution in [0.3, 0.4) is 0 Å². The third-order valence-electron chi connectivity index (χ3n) is 7.67. The van der Waals surface area contributed by atoms with Crippen molar-refractivity contribution in [2.45, 2.75) is 66.8 Å². The van der Waals surface area contributed by atoms with Crippen molar-refractivity contribution in [2.75, 3.05) is 12.4 Å². The van der Waals surface area contributed by atoms with Crippen LogP contribution >= 0.6 is 0 Å². The van der Waals surface area contributed by atoms with Crippen molar-refractivity contribution in [3.05, 3.63) is 70.5 Å². The molecule has 1 aromatic heterocycles. The van der Waals surface area contributed by atoms with E-state index in [1.165, 1.54) is 19.3 Å². The monoisotopic (exact) mass is 488 g/mol. The standard InChI is InChI=1S/C31H40N2O3/c1-21-16-23(18-30(2,3)17-21)19-31(4,5)29(35)32-26-8-7-9-27-25(26)14-15-28(34)33(27)20-22-10-12-24(36-6)13-11-22/h7-15,21,23H,16-20H2,1-6H3,(H,32,35). The lowest BCUT2D eigenvalue weighted by Gasteiger charge is -2.41. The van der Waals surface area contributed by atoms with Gasteiger partial charge in [-0.05, 0) is 78.8 Å². The Balaban J connectivity index is 1.57. The molecule has 192 valence electrons. The molecule has 1 aliphatic rings. The fraction of sp³-hybridized carbons (Fsp3) is 0.484. The Kier molecular flexibility index (Phi) is 7.31. The number of amides is 1. The molecule has 0 saturated heterocycles. The SMILES string of the molecule is COc1ccc(Cn2c(=O)ccc3c(NC(=O)C(C)(C)CC4CC(C)CC(C)(C)C4)cccc32)cc1. The number of carbonyl (C=O) groups excluding carboxylic acids is 1. The molecular weight excluding hydrogens is 448 g/mol. The van der Waals surface area contributed by atoms with E-state index < -0.39 is 5.41 Å². The molecule has 1 heterocycles. The highest BCUT2D eigenvalue weighted by Gasteiger charge is 2.37. The van der Waals surface area contributed by atoms with Gasteiger partial charge < -0.3 is 14.6 Å². The Morgan fingerprint density at radius 2 is 1.81 bits per heavy atom. The van der Waals surface area contributed by atoms with Crippen LogP contribution in [0.5, 0.6) is 5.75 Å². The fourth-order valence-electron chi connectivity index (χ4n) is 6.32. The zero-order valence-corrected chi connectivity index (χ0v) is 22.6. The highest BCUT2D eigenvalue weighted by Crippen LogP contribution is 2.45. The van der Waals surface area contributed by atoms with Gasteiger partial charge in [-0.2, -0.15) is 0 Å². The average molecular weight is 489 g/mol. The lowest BCUT2D eigenvalue weighted by atomic mass is 9.64. The predicted octanol–water partition coefficient (Wildman–Crippen LogP) is 6.88. The quantitative estimate of drug-likeness (QED) is 0.394. The Hall–Kier alpha value is -3.08. The molecule has 2 atom stereocenters. The normalized spacial score (nSPS) is 19.7. The number of benzene rings is 2. The summed E-state index contributed by atoms with van der Waals surface area (Å²) < 4.78 is 7.00. The number of hydrogen-bond acceptors (Lipinski definition) is 3. The number of hydrogen-bond donors (Lipinski definition) is 1. The van der Waals surface area contributed by atoms with Crippen molar-refractivity contribution in [2.24, 2.45) is 22.7 Å². The second-order valence-corrected chi connectivity index (χ2v) is 12.2. The van der Waals surface area contributed by atoms with Crippen molar-refractivity contribution < 1.29 is 9.53 Å². The molecule has 1 N–H and O–H groups in total. The summed E-state index contributed by atoms with van der Waals surface area (Å²) in [5.74, 6) is 2.05. The van der Waals surface area contributed by atoms with Crippen molar-refractivity contribution >= 4 is 22.5 Å². The number of ether oxygens (including phenoxy) is 1. The molecule has 1 amide bonds. The number of nitrogens with zero attached hydrogens (tertiary/aromatic N) is 1. The number of anilines is 1. The van der Waals surface area contributed by atoms with Gasteiger partial charge in [0.15, 0.2) is 0 Å². The highest BCUT2D eigenvalue weighted by molar-refractivity contribution is 6.03. The van der Waals surface area contributed by atoms with Gasteiger partial charge in [0.2, 0.25) is 5.91 Å². The molecule has 4 rings (SSSR count). The van der Waals surface area contributed by atoms with Gasteiger partial charge in [-0.25, -0.2) is 0 Å². The van der Waals surface area contributed by atoms with Gasteiger partial charge in [0.25, 0.3) is 5.56 Å². The summed E-state index contributed by atoms with van der Waals surface area (Å²) in [5, 5.41) is 4.06. The van der Waals surface area contributed by atoms with E-state index in [4.69, 9.17) is 4.74 Å². The predicted molar refractivity (Wildman–Crippen MR) is 148 cm³/mol. The van der Waals surface area contributed by atoms with E-state index in [0.29, 0.717) is 23.8 Å². The lowest BCUT2D eigenvalue weighted by Crippen LogP contribution is -2.36. The van der Waals surface area contributed by atoms with Gasteiger partial charge in [-0.15, -0.1) is 0 Å². The Labute approximate surface area is 214 Å². The highest BCUT2D eigenvalue weighted by atomic mass is 16.5. The van der Waals surface area contributed by atoms with Crippen LogP contribution in [-0.2, 0) is 11.3 Å². The molecule has 0 radical (unpaired) electrons. The summed E-state index contributed by atoms with van der Waals surface area (Å²) in [6.07, 6.45) is 4.48. The van der Waals surface area contributed by atoms with Gasteiger partial charge in [-0.3, -0.25) is 9.59 Å². The maximum absolute atomic E-state index is 13.5. The second-order valence-electron chi connectivity index (χ2n) is 12.2. The zero-order valence-electron chi connectivity index (χ0n) is 22.6. The third-order valence-corrected chi connectivity index (χ3v) is 7.67. The molecule has 36 heavy (non-hydrogen) atoms. The van der Waals surface area contributed by atoms with Crippen LogP contribution in [0.1, 0.15) is 65.9 Å². The minimum absolute atomic E-state index is 0.0268. The number of nitrogens with one attached hydrogen (secondary N) is 1. The molecule has 2 unspecified atom stereocenters. The van der Waals surface area contributed by atoms with E-state index in [1.807, 2.05) is 48.5 Å².